The maximum Gasteiger partial charge on any atom is 0.197 e. The maximum absolute atomic E-state index is 12.5. The first-order chi connectivity index (χ1) is 8.41. The Kier molecular flexibility index (Phi) is 2.06. The number of carbonyl (C=O) groups excluding carboxylic acids is 1. The van der Waals surface area contributed by atoms with Crippen LogP contribution in [0.25, 0.3) is 11.3 Å². The number of ketones is 1. The van der Waals surface area contributed by atoms with Crippen LogP contribution in [0, 0.1) is 0 Å². The molecule has 1 aromatic carbocycles. The Morgan fingerprint density at radius 3 is 2.33 bits per heavy atom. The van der Waals surface area contributed by atoms with Gasteiger partial charge in [0.15, 0.2) is 5.78 Å². The van der Waals surface area contributed by atoms with Crippen molar-refractivity contribution >= 4 is 5.78 Å². The Labute approximate surface area is 106 Å². The lowest BCUT2D eigenvalue weighted by molar-refractivity contribution is 0.104. The maximum atomic E-state index is 12.5. The molecule has 3 rings (SSSR count). The standard InChI is InChI=1S/C15H16N2O/c1-15(2,3)14-11-12(17(4)16-14)9-7-5-6-8-10(9)13(11)18/h5-8H,1-4H3. The van der Waals surface area contributed by atoms with Crippen molar-refractivity contribution in [3.63, 3.8) is 0 Å². The van der Waals surface area contributed by atoms with Gasteiger partial charge < -0.3 is 0 Å². The minimum atomic E-state index is -0.122. The van der Waals surface area contributed by atoms with E-state index in [1.54, 1.807) is 0 Å². The summed E-state index contributed by atoms with van der Waals surface area (Å²) in [5.74, 6) is 0.110. The number of rotatable bonds is 0. The SMILES string of the molecule is Cn1nc(C(C)(C)C)c2c1-c1ccccc1C2=O. The second kappa shape index (κ2) is 3.31. The highest BCUT2D eigenvalue weighted by Crippen LogP contribution is 2.40. The summed E-state index contributed by atoms with van der Waals surface area (Å²) in [7, 11) is 1.91. The smallest absolute Gasteiger partial charge is 0.197 e. The van der Waals surface area contributed by atoms with E-state index in [9.17, 15) is 4.79 Å². The topological polar surface area (TPSA) is 34.9 Å². The van der Waals surface area contributed by atoms with Crippen LogP contribution in [0.2, 0.25) is 0 Å². The first-order valence-electron chi connectivity index (χ1n) is 6.13. The summed E-state index contributed by atoms with van der Waals surface area (Å²) in [6.07, 6.45) is 0. The molecule has 0 aliphatic heterocycles. The molecule has 18 heavy (non-hydrogen) atoms. The molecule has 0 atom stereocenters. The van der Waals surface area contributed by atoms with E-state index in [1.807, 2.05) is 36.0 Å². The predicted octanol–water partition coefficient (Wildman–Crippen LogP) is 2.93. The van der Waals surface area contributed by atoms with Gasteiger partial charge in [0.2, 0.25) is 0 Å². The van der Waals surface area contributed by atoms with Gasteiger partial charge in [0.05, 0.1) is 17.0 Å². The molecule has 1 heterocycles. The van der Waals surface area contributed by atoms with Crippen LogP contribution in [0.1, 0.15) is 42.4 Å². The van der Waals surface area contributed by atoms with Gasteiger partial charge >= 0.3 is 0 Å². The molecule has 1 aliphatic carbocycles. The third kappa shape index (κ3) is 1.30. The van der Waals surface area contributed by atoms with E-state index in [-0.39, 0.29) is 11.2 Å². The van der Waals surface area contributed by atoms with Gasteiger partial charge in [-0.15, -0.1) is 0 Å². The van der Waals surface area contributed by atoms with Crippen molar-refractivity contribution in [2.45, 2.75) is 26.2 Å². The van der Waals surface area contributed by atoms with Gasteiger partial charge in [-0.1, -0.05) is 45.0 Å². The minimum Gasteiger partial charge on any atom is -0.288 e. The van der Waals surface area contributed by atoms with Crippen molar-refractivity contribution in [2.75, 3.05) is 0 Å². The van der Waals surface area contributed by atoms with Gasteiger partial charge in [-0.05, 0) is 0 Å². The molecule has 0 saturated heterocycles. The molecule has 3 nitrogen and oxygen atoms in total. The predicted molar refractivity (Wildman–Crippen MR) is 70.8 cm³/mol. The fourth-order valence-electron chi connectivity index (χ4n) is 2.60. The largest absolute Gasteiger partial charge is 0.288 e. The number of hydrogen-bond donors (Lipinski definition) is 0. The van der Waals surface area contributed by atoms with E-state index in [0.717, 1.165) is 28.1 Å². The van der Waals surface area contributed by atoms with Gasteiger partial charge in [-0.3, -0.25) is 9.48 Å². The molecule has 0 radical (unpaired) electrons. The molecular formula is C15H16N2O. The van der Waals surface area contributed by atoms with Crippen molar-refractivity contribution in [3.8, 4) is 11.3 Å². The fourth-order valence-corrected chi connectivity index (χ4v) is 2.60. The zero-order valence-electron chi connectivity index (χ0n) is 11.1. The summed E-state index contributed by atoms with van der Waals surface area (Å²) in [5.41, 5.74) is 4.31. The number of hydrogen-bond acceptors (Lipinski definition) is 2. The number of fused-ring (bicyclic) bond motifs is 3. The van der Waals surface area contributed by atoms with Crippen LogP contribution in [0.4, 0.5) is 0 Å². The van der Waals surface area contributed by atoms with E-state index < -0.39 is 0 Å². The Morgan fingerprint density at radius 2 is 1.72 bits per heavy atom. The Bertz CT molecular complexity index is 660. The van der Waals surface area contributed by atoms with Gasteiger partial charge in [0, 0.05) is 23.6 Å². The van der Waals surface area contributed by atoms with Crippen LogP contribution < -0.4 is 0 Å². The summed E-state index contributed by atoms with van der Waals surface area (Å²) in [5, 5.41) is 4.55. The van der Waals surface area contributed by atoms with E-state index in [4.69, 9.17) is 0 Å². The molecule has 0 fully saturated rings. The van der Waals surface area contributed by atoms with Crippen molar-refractivity contribution in [3.05, 3.63) is 41.1 Å². The Balaban J connectivity index is 2.37. The summed E-state index contributed by atoms with van der Waals surface area (Å²) in [6.45, 7) is 6.27. The number of aromatic nitrogens is 2. The quantitative estimate of drug-likeness (QED) is 0.605. The summed E-state index contributed by atoms with van der Waals surface area (Å²) in [6, 6.07) is 7.76. The average molecular weight is 240 g/mol. The molecule has 0 amide bonds. The molecule has 0 bridgehead atoms. The minimum absolute atomic E-state index is 0.110. The summed E-state index contributed by atoms with van der Waals surface area (Å²) < 4.78 is 1.83. The first-order valence-corrected chi connectivity index (χ1v) is 6.13. The van der Waals surface area contributed by atoms with Gasteiger partial charge in [-0.25, -0.2) is 0 Å². The zero-order chi connectivity index (χ0) is 13.1. The third-order valence-corrected chi connectivity index (χ3v) is 3.41. The highest BCUT2D eigenvalue weighted by Gasteiger charge is 2.36. The van der Waals surface area contributed by atoms with Crippen LogP contribution in [-0.2, 0) is 12.5 Å². The Morgan fingerprint density at radius 1 is 1.11 bits per heavy atom. The zero-order valence-corrected chi connectivity index (χ0v) is 11.1. The van der Waals surface area contributed by atoms with Crippen molar-refractivity contribution < 1.29 is 4.79 Å². The highest BCUT2D eigenvalue weighted by atomic mass is 16.1. The molecule has 0 saturated carbocycles. The second-order valence-electron chi connectivity index (χ2n) is 5.82. The van der Waals surface area contributed by atoms with Crippen molar-refractivity contribution in [1.29, 1.82) is 0 Å². The van der Waals surface area contributed by atoms with E-state index in [0.29, 0.717) is 0 Å². The monoisotopic (exact) mass is 240 g/mol. The van der Waals surface area contributed by atoms with Gasteiger partial charge in [0.1, 0.15) is 0 Å². The Hall–Kier alpha value is -1.90. The van der Waals surface area contributed by atoms with Crippen LogP contribution in [0.15, 0.2) is 24.3 Å². The molecule has 2 aromatic rings. The number of aryl methyl sites for hydroxylation is 1. The summed E-state index contributed by atoms with van der Waals surface area (Å²) in [4.78, 5) is 12.5. The number of nitrogens with zero attached hydrogens (tertiary/aromatic N) is 2. The van der Waals surface area contributed by atoms with E-state index in [1.165, 1.54) is 0 Å². The lowest BCUT2D eigenvalue weighted by atomic mass is 9.88. The fraction of sp³-hybridized carbons (Fsp3) is 0.333. The summed E-state index contributed by atoms with van der Waals surface area (Å²) >= 11 is 0. The van der Waals surface area contributed by atoms with Gasteiger partial charge in [0.25, 0.3) is 0 Å². The molecule has 0 spiro atoms. The normalized spacial score (nSPS) is 13.7. The number of carbonyl (C=O) groups is 1. The lowest BCUT2D eigenvalue weighted by Gasteiger charge is -2.16. The second-order valence-corrected chi connectivity index (χ2v) is 5.82. The third-order valence-electron chi connectivity index (χ3n) is 3.41. The number of benzene rings is 1. The van der Waals surface area contributed by atoms with E-state index >= 15 is 0 Å². The average Bonchev–Trinajstić information content (AvgIpc) is 2.78. The van der Waals surface area contributed by atoms with E-state index in [2.05, 4.69) is 25.9 Å². The van der Waals surface area contributed by atoms with Crippen LogP contribution >= 0.6 is 0 Å². The molecular weight excluding hydrogens is 224 g/mol. The van der Waals surface area contributed by atoms with Crippen LogP contribution in [-0.4, -0.2) is 15.6 Å². The molecule has 3 heteroatoms. The molecule has 1 aliphatic rings. The molecule has 0 unspecified atom stereocenters. The van der Waals surface area contributed by atoms with Crippen molar-refractivity contribution in [2.24, 2.45) is 7.05 Å². The van der Waals surface area contributed by atoms with Crippen molar-refractivity contribution in [1.82, 2.24) is 9.78 Å². The molecule has 92 valence electrons. The first kappa shape index (κ1) is 11.2. The molecule has 1 aromatic heterocycles. The van der Waals surface area contributed by atoms with Crippen LogP contribution in [0.3, 0.4) is 0 Å². The van der Waals surface area contributed by atoms with Crippen LogP contribution in [0.5, 0.6) is 0 Å². The lowest BCUT2D eigenvalue weighted by Crippen LogP contribution is -2.16. The molecule has 0 N–H and O–H groups in total. The van der Waals surface area contributed by atoms with Gasteiger partial charge in [-0.2, -0.15) is 5.10 Å². The highest BCUT2D eigenvalue weighted by molar-refractivity contribution is 6.21.